The Bertz CT molecular complexity index is 4.14. The van der Waals surface area contributed by atoms with Gasteiger partial charge in [-0.1, -0.05) is 0 Å². The van der Waals surface area contributed by atoms with Crippen LogP contribution in [-0.2, 0) is 26.2 Å². The van der Waals surface area contributed by atoms with Crippen LogP contribution in [0.2, 0.25) is 0 Å². The van der Waals surface area contributed by atoms with Crippen molar-refractivity contribution >= 4 is 0 Å². The van der Waals surface area contributed by atoms with Gasteiger partial charge in [-0.3, -0.25) is 0 Å². The van der Waals surface area contributed by atoms with Gasteiger partial charge in [0.2, 0.25) is 0 Å². The first-order valence-corrected chi connectivity index (χ1v) is 0. The van der Waals surface area contributed by atoms with Crippen molar-refractivity contribution in [1.29, 1.82) is 0 Å². The minimum absolute atomic E-state index is 0. The topological polar surface area (TPSA) is 0 Å². The molecule has 0 N–H and O–H groups in total. The van der Waals surface area contributed by atoms with Crippen molar-refractivity contribution in [2.24, 2.45) is 0 Å². The molecule has 0 aromatic heterocycles. The number of hydrogen-bond acceptors (Lipinski definition) is 0. The van der Waals surface area contributed by atoms with Gasteiger partial charge >= 0.3 is 0 Å². The zero-order chi connectivity index (χ0) is 0. The molecule has 0 atom stereocenters. The molecule has 0 saturated heterocycles. The molecule has 0 fully saturated rings. The van der Waals surface area contributed by atoms with E-state index in [9.17, 15) is 0 Å². The largest absolute Gasteiger partial charge is 1.00 e. The number of halogens is 6. The van der Waals surface area contributed by atoms with E-state index in [2.05, 4.69) is 0 Å². The molecule has 7 heteroatoms. The Hall–Kier alpha value is 2.62. The summed E-state index contributed by atoms with van der Waals surface area (Å²) in [6.07, 6.45) is 0. The molecule has 0 bridgehead atoms. The zero-order valence-electron chi connectivity index (χ0n) is 2.77. The van der Waals surface area contributed by atoms with Crippen molar-refractivity contribution in [2.45, 2.75) is 0 Å². The Morgan fingerprint density at radius 2 is 0.286 bits per heavy atom. The molecule has 7 heavy (non-hydrogen) atoms. The smallest absolute Gasteiger partial charge is 0 e. The van der Waals surface area contributed by atoms with E-state index in [1.54, 1.807) is 0 Å². The Balaban J connectivity index is 0. The maximum absolute atomic E-state index is 0. The van der Waals surface area contributed by atoms with Crippen LogP contribution in [0.3, 0.4) is 0 Å². The van der Waals surface area contributed by atoms with E-state index in [-0.39, 0.29) is 101 Å². The Morgan fingerprint density at radius 3 is 0.286 bits per heavy atom. The molecule has 0 aromatic carbocycles. The normalized spacial score (nSPS) is 0. The predicted octanol–water partition coefficient (Wildman–Crippen LogP) is -18.0. The van der Waals surface area contributed by atoms with Gasteiger partial charge in [-0.15, -0.1) is 0 Å². The van der Waals surface area contributed by atoms with E-state index in [4.69, 9.17) is 0 Å². The summed E-state index contributed by atoms with van der Waals surface area (Å²) >= 11 is 0. The molecular formula is Cl6Zr-6. The summed E-state index contributed by atoms with van der Waals surface area (Å²) < 4.78 is 0. The van der Waals surface area contributed by atoms with E-state index in [0.717, 1.165) is 0 Å². The molecule has 0 rings (SSSR count). The standard InChI is InChI=1S/6ClH.Zr/h6*1H;/p-6. The third kappa shape index (κ3) is 55.0. The summed E-state index contributed by atoms with van der Waals surface area (Å²) in [5.74, 6) is 0. The molecule has 0 spiro atoms. The first-order chi connectivity index (χ1) is 0. The van der Waals surface area contributed by atoms with Gasteiger partial charge in [-0.25, -0.2) is 0 Å². The Morgan fingerprint density at radius 1 is 0.286 bits per heavy atom. The van der Waals surface area contributed by atoms with Gasteiger partial charge in [0, 0.05) is 26.2 Å². The second kappa shape index (κ2) is 72.8. The van der Waals surface area contributed by atoms with Crippen LogP contribution in [0.25, 0.3) is 0 Å². The third-order valence-electron chi connectivity index (χ3n) is 0. The fourth-order valence-electron chi connectivity index (χ4n) is 0. The van der Waals surface area contributed by atoms with Crippen LogP contribution in [0.4, 0.5) is 0 Å². The van der Waals surface area contributed by atoms with Gasteiger partial charge in [0.1, 0.15) is 0 Å². The Labute approximate surface area is 99.5 Å². The number of hydrogen-bond donors (Lipinski definition) is 0. The van der Waals surface area contributed by atoms with Crippen LogP contribution in [0.5, 0.6) is 0 Å². The fourth-order valence-corrected chi connectivity index (χ4v) is 0. The van der Waals surface area contributed by atoms with E-state index in [1.165, 1.54) is 0 Å². The summed E-state index contributed by atoms with van der Waals surface area (Å²) in [7, 11) is 0. The maximum Gasteiger partial charge on any atom is 0 e. The van der Waals surface area contributed by atoms with E-state index < -0.39 is 0 Å². The zero-order valence-corrected chi connectivity index (χ0v) is 9.76. The van der Waals surface area contributed by atoms with Crippen LogP contribution >= 0.6 is 0 Å². The fraction of sp³-hybridized carbons (Fsp3) is 0. The molecule has 0 heterocycles. The monoisotopic (exact) mass is 300 g/mol. The van der Waals surface area contributed by atoms with Crippen molar-refractivity contribution < 1.29 is 101 Å². The minimum Gasteiger partial charge on any atom is -1.00 e. The molecule has 0 amide bonds. The average molecular weight is 304 g/mol. The third-order valence-corrected chi connectivity index (χ3v) is 0. The molecule has 0 saturated carbocycles. The van der Waals surface area contributed by atoms with Crippen molar-refractivity contribution in [1.82, 2.24) is 0 Å². The second-order valence-electron chi connectivity index (χ2n) is 0. The molecule has 0 nitrogen and oxygen atoms in total. The molecule has 0 unspecified atom stereocenters. The molecule has 0 aliphatic carbocycles. The van der Waals surface area contributed by atoms with Crippen LogP contribution in [0, 0.1) is 0 Å². The van der Waals surface area contributed by atoms with Gasteiger partial charge in [-0.2, -0.15) is 0 Å². The molecular weight excluding hydrogens is 304 g/mol. The van der Waals surface area contributed by atoms with Gasteiger partial charge in [-0.05, 0) is 0 Å². The molecule has 0 aromatic rings. The molecule has 0 aliphatic rings. The van der Waals surface area contributed by atoms with Crippen LogP contribution < -0.4 is 74.4 Å². The van der Waals surface area contributed by atoms with Gasteiger partial charge in [0.05, 0.1) is 0 Å². The van der Waals surface area contributed by atoms with Crippen molar-refractivity contribution in [3.8, 4) is 0 Å². The summed E-state index contributed by atoms with van der Waals surface area (Å²) in [5.41, 5.74) is 0. The van der Waals surface area contributed by atoms with Crippen molar-refractivity contribution in [3.05, 3.63) is 0 Å². The average Bonchev–Trinajstić information content (AvgIpc) is 0. The first kappa shape index (κ1) is 104. The number of rotatable bonds is 0. The van der Waals surface area contributed by atoms with Gasteiger partial charge in [0.25, 0.3) is 0 Å². The molecule has 0 aliphatic heterocycles. The second-order valence-corrected chi connectivity index (χ2v) is 0. The van der Waals surface area contributed by atoms with E-state index in [1.807, 2.05) is 0 Å². The van der Waals surface area contributed by atoms with Gasteiger partial charge < -0.3 is 74.4 Å². The minimum atomic E-state index is 0. The van der Waals surface area contributed by atoms with Crippen molar-refractivity contribution in [2.75, 3.05) is 0 Å². The quantitative estimate of drug-likeness (QED) is 0.417. The first-order valence-electron chi connectivity index (χ1n) is 0. The van der Waals surface area contributed by atoms with E-state index in [0.29, 0.717) is 0 Å². The summed E-state index contributed by atoms with van der Waals surface area (Å²) in [6.45, 7) is 0. The SMILES string of the molecule is [Cl-].[Cl-].[Cl-].[Cl-].[Cl-].[Cl-].[Zr]. The van der Waals surface area contributed by atoms with E-state index >= 15 is 0 Å². The van der Waals surface area contributed by atoms with Gasteiger partial charge in [0.15, 0.2) is 0 Å². The molecule has 0 radical (unpaired) electrons. The summed E-state index contributed by atoms with van der Waals surface area (Å²) in [4.78, 5) is 0. The maximum atomic E-state index is 0. The van der Waals surface area contributed by atoms with Crippen LogP contribution in [0.1, 0.15) is 0 Å². The van der Waals surface area contributed by atoms with Crippen LogP contribution in [0.15, 0.2) is 0 Å². The van der Waals surface area contributed by atoms with Crippen molar-refractivity contribution in [3.63, 3.8) is 0 Å². The molecule has 52 valence electrons. The summed E-state index contributed by atoms with van der Waals surface area (Å²) in [5, 5.41) is 0. The summed E-state index contributed by atoms with van der Waals surface area (Å²) in [6, 6.07) is 0. The van der Waals surface area contributed by atoms with Crippen LogP contribution in [-0.4, -0.2) is 0 Å². The predicted molar refractivity (Wildman–Crippen MR) is 0 cm³/mol. The Kier molecular flexibility index (Phi) is 1080.